The molecule has 0 aliphatic rings. The van der Waals surface area contributed by atoms with E-state index in [1.165, 1.54) is 12.1 Å². The number of nitro groups is 1. The normalized spacial score (nSPS) is 10.7. The highest BCUT2D eigenvalue weighted by atomic mass is 35.5. The fraction of sp³-hybridized carbons (Fsp3) is 0. The Morgan fingerprint density at radius 2 is 1.94 bits per heavy atom. The minimum Gasteiger partial charge on any atom is -0.258 e. The van der Waals surface area contributed by atoms with Crippen LogP contribution in [-0.4, -0.2) is 11.1 Å². The van der Waals surface area contributed by atoms with Crippen molar-refractivity contribution in [2.45, 2.75) is 0 Å². The topological polar surface area (TPSA) is 55.5 Å². The van der Waals surface area contributed by atoms with E-state index in [4.69, 9.17) is 11.6 Å². The van der Waals surface area contributed by atoms with Gasteiger partial charge in [0, 0.05) is 18.3 Å². The minimum atomic E-state index is -0.438. The number of rotatable bonds is 3. The quantitative estimate of drug-likeness (QED) is 0.476. The van der Waals surface area contributed by atoms with Gasteiger partial charge in [-0.3, -0.25) is 15.1 Å². The second-order valence-corrected chi connectivity index (χ2v) is 3.97. The fourth-order valence-electron chi connectivity index (χ4n) is 1.42. The summed E-state index contributed by atoms with van der Waals surface area (Å²) < 4.78 is 0. The van der Waals surface area contributed by atoms with Crippen LogP contribution in [0.4, 0.5) is 11.4 Å². The molecule has 4 nitrogen and oxygen atoms in total. The molecule has 0 N–H and O–H groups in total. The summed E-state index contributed by atoms with van der Waals surface area (Å²) in [5.41, 5.74) is 1.33. The lowest BCUT2D eigenvalue weighted by atomic mass is 10.2. The van der Waals surface area contributed by atoms with Crippen molar-refractivity contribution in [3.8, 4) is 0 Å². The van der Waals surface area contributed by atoms with Crippen LogP contribution in [0.3, 0.4) is 0 Å². The zero-order valence-electron chi connectivity index (χ0n) is 9.29. The van der Waals surface area contributed by atoms with E-state index in [9.17, 15) is 10.1 Å². The molecule has 2 aromatic carbocycles. The van der Waals surface area contributed by atoms with Gasteiger partial charge in [0.25, 0.3) is 5.69 Å². The number of halogens is 1. The predicted octanol–water partition coefficient (Wildman–Crippen LogP) is 4.00. The van der Waals surface area contributed by atoms with Gasteiger partial charge in [-0.2, -0.15) is 0 Å². The second kappa shape index (κ2) is 5.42. The first kappa shape index (κ1) is 12.3. The van der Waals surface area contributed by atoms with Gasteiger partial charge < -0.3 is 0 Å². The molecule has 5 heteroatoms. The van der Waals surface area contributed by atoms with Gasteiger partial charge in [0.05, 0.1) is 15.6 Å². The molecule has 0 aliphatic heterocycles. The number of hydrogen-bond acceptors (Lipinski definition) is 3. The molecule has 18 heavy (non-hydrogen) atoms. The third-order valence-corrected chi connectivity index (χ3v) is 2.61. The van der Waals surface area contributed by atoms with Gasteiger partial charge in [-0.05, 0) is 17.7 Å². The van der Waals surface area contributed by atoms with Crippen LogP contribution in [0, 0.1) is 10.1 Å². The summed E-state index contributed by atoms with van der Waals surface area (Å²) in [6.07, 6.45) is 1.55. The SMILES string of the molecule is O=[N+]([O-])c1cccc(C=Nc2ccccc2Cl)c1. The summed E-state index contributed by atoms with van der Waals surface area (Å²) in [6.45, 7) is 0. The van der Waals surface area contributed by atoms with E-state index in [0.29, 0.717) is 16.3 Å². The average Bonchev–Trinajstić information content (AvgIpc) is 2.38. The Kier molecular flexibility index (Phi) is 3.69. The molecule has 0 unspecified atom stereocenters. The van der Waals surface area contributed by atoms with Gasteiger partial charge in [-0.15, -0.1) is 0 Å². The third kappa shape index (κ3) is 2.93. The van der Waals surface area contributed by atoms with Crippen molar-refractivity contribution in [3.05, 3.63) is 69.2 Å². The maximum absolute atomic E-state index is 10.6. The number of nitro benzene ring substituents is 1. The summed E-state index contributed by atoms with van der Waals surface area (Å²) in [6, 6.07) is 13.4. The molecule has 0 amide bonds. The zero-order chi connectivity index (χ0) is 13.0. The highest BCUT2D eigenvalue weighted by molar-refractivity contribution is 6.33. The van der Waals surface area contributed by atoms with E-state index in [2.05, 4.69) is 4.99 Å². The van der Waals surface area contributed by atoms with Crippen LogP contribution in [0.1, 0.15) is 5.56 Å². The molecule has 0 atom stereocenters. The Morgan fingerprint density at radius 1 is 1.17 bits per heavy atom. The molecule has 0 bridgehead atoms. The minimum absolute atomic E-state index is 0.0399. The molecule has 2 aromatic rings. The Labute approximate surface area is 109 Å². The number of non-ortho nitro benzene ring substituents is 1. The number of benzene rings is 2. The van der Waals surface area contributed by atoms with Gasteiger partial charge >= 0.3 is 0 Å². The van der Waals surface area contributed by atoms with E-state index in [-0.39, 0.29) is 5.69 Å². The van der Waals surface area contributed by atoms with Crippen molar-refractivity contribution >= 4 is 29.2 Å². The second-order valence-electron chi connectivity index (χ2n) is 3.56. The number of aliphatic imine (C=N–C) groups is 1. The highest BCUT2D eigenvalue weighted by Crippen LogP contribution is 2.23. The van der Waals surface area contributed by atoms with Crippen LogP contribution in [-0.2, 0) is 0 Å². The van der Waals surface area contributed by atoms with Crippen molar-refractivity contribution in [2.24, 2.45) is 4.99 Å². The molecule has 0 heterocycles. The zero-order valence-corrected chi connectivity index (χ0v) is 10.0. The van der Waals surface area contributed by atoms with E-state index in [1.807, 2.05) is 12.1 Å². The first-order valence-corrected chi connectivity index (χ1v) is 5.57. The number of nitrogens with zero attached hydrogens (tertiary/aromatic N) is 2. The van der Waals surface area contributed by atoms with E-state index < -0.39 is 4.92 Å². The molecule has 90 valence electrons. The van der Waals surface area contributed by atoms with E-state index in [0.717, 1.165) is 0 Å². The molecule has 0 fully saturated rings. The monoisotopic (exact) mass is 260 g/mol. The third-order valence-electron chi connectivity index (χ3n) is 2.29. The molecule has 0 spiro atoms. The molecular weight excluding hydrogens is 252 g/mol. The van der Waals surface area contributed by atoms with Crippen molar-refractivity contribution in [3.63, 3.8) is 0 Å². The van der Waals surface area contributed by atoms with Gasteiger partial charge in [-0.1, -0.05) is 35.9 Å². The fourth-order valence-corrected chi connectivity index (χ4v) is 1.60. The van der Waals surface area contributed by atoms with Crippen LogP contribution in [0.15, 0.2) is 53.5 Å². The van der Waals surface area contributed by atoms with Crippen LogP contribution in [0.5, 0.6) is 0 Å². The standard InChI is InChI=1S/C13H9ClN2O2/c14-12-6-1-2-7-13(12)15-9-10-4-3-5-11(8-10)16(17)18/h1-9H. The van der Waals surface area contributed by atoms with Crippen LogP contribution >= 0.6 is 11.6 Å². The van der Waals surface area contributed by atoms with E-state index >= 15 is 0 Å². The molecule has 2 rings (SSSR count). The van der Waals surface area contributed by atoms with Gasteiger partial charge in [-0.25, -0.2) is 0 Å². The van der Waals surface area contributed by atoms with Crippen LogP contribution in [0.25, 0.3) is 0 Å². The predicted molar refractivity (Wildman–Crippen MR) is 71.8 cm³/mol. The average molecular weight is 261 g/mol. The molecule has 0 radical (unpaired) electrons. The van der Waals surface area contributed by atoms with E-state index in [1.54, 1.807) is 30.5 Å². The molecule has 0 saturated heterocycles. The summed E-state index contributed by atoms with van der Waals surface area (Å²) in [7, 11) is 0. The first-order valence-electron chi connectivity index (χ1n) is 5.20. The van der Waals surface area contributed by atoms with Crippen molar-refractivity contribution in [1.82, 2.24) is 0 Å². The van der Waals surface area contributed by atoms with Gasteiger partial charge in [0.1, 0.15) is 0 Å². The Balaban J connectivity index is 2.27. The van der Waals surface area contributed by atoms with Crippen LogP contribution in [0.2, 0.25) is 5.02 Å². The lowest BCUT2D eigenvalue weighted by Gasteiger charge is -1.97. The first-order chi connectivity index (χ1) is 8.66. The van der Waals surface area contributed by atoms with Crippen molar-refractivity contribution < 1.29 is 4.92 Å². The summed E-state index contributed by atoms with van der Waals surface area (Å²) in [5, 5.41) is 11.2. The molecule has 0 aliphatic carbocycles. The Morgan fingerprint density at radius 3 is 2.67 bits per heavy atom. The van der Waals surface area contributed by atoms with Crippen molar-refractivity contribution in [2.75, 3.05) is 0 Å². The smallest absolute Gasteiger partial charge is 0.258 e. The number of para-hydroxylation sites is 1. The largest absolute Gasteiger partial charge is 0.270 e. The lowest BCUT2D eigenvalue weighted by molar-refractivity contribution is -0.384. The molecular formula is C13H9ClN2O2. The molecule has 0 aromatic heterocycles. The number of hydrogen-bond donors (Lipinski definition) is 0. The maximum Gasteiger partial charge on any atom is 0.270 e. The Bertz CT molecular complexity index is 611. The summed E-state index contributed by atoms with van der Waals surface area (Å²) in [5.74, 6) is 0. The van der Waals surface area contributed by atoms with Crippen LogP contribution < -0.4 is 0 Å². The summed E-state index contributed by atoms with van der Waals surface area (Å²) >= 11 is 5.95. The van der Waals surface area contributed by atoms with Gasteiger partial charge in [0.2, 0.25) is 0 Å². The molecule has 0 saturated carbocycles. The highest BCUT2D eigenvalue weighted by Gasteiger charge is 2.04. The maximum atomic E-state index is 10.6. The lowest BCUT2D eigenvalue weighted by Crippen LogP contribution is -1.89. The Hall–Kier alpha value is -2.20. The van der Waals surface area contributed by atoms with Crippen molar-refractivity contribution in [1.29, 1.82) is 0 Å². The summed E-state index contributed by atoms with van der Waals surface area (Å²) in [4.78, 5) is 14.4. The van der Waals surface area contributed by atoms with Gasteiger partial charge in [0.15, 0.2) is 0 Å².